The molecule has 4 rings (SSSR count). The molecule has 0 fully saturated rings. The molecular formula is C21H17ClN4O3. The van der Waals surface area contributed by atoms with Gasteiger partial charge >= 0.3 is 5.69 Å². The van der Waals surface area contributed by atoms with E-state index >= 15 is 0 Å². The summed E-state index contributed by atoms with van der Waals surface area (Å²) in [5, 5.41) is 12.0. The standard InChI is InChI=1S/C21H17ClN4O3/c22-16-13-26(21(28)24-18(16)23-11-12-27)19-17(14-7-3-1-4-8-14)29-20(25-19)15-9-5-2-6-10-15/h1-10,13,27H,11-12H2,(H,23,24,28). The summed E-state index contributed by atoms with van der Waals surface area (Å²) in [5.41, 5.74) is 0.979. The lowest BCUT2D eigenvalue weighted by Crippen LogP contribution is -2.24. The fraction of sp³-hybridized carbons (Fsp3) is 0.0952. The van der Waals surface area contributed by atoms with Crippen molar-refractivity contribution in [1.82, 2.24) is 14.5 Å². The first-order chi connectivity index (χ1) is 14.2. The first-order valence-electron chi connectivity index (χ1n) is 8.93. The molecule has 0 radical (unpaired) electrons. The first kappa shape index (κ1) is 18.9. The zero-order valence-corrected chi connectivity index (χ0v) is 16.0. The second-order valence-electron chi connectivity index (χ2n) is 6.14. The summed E-state index contributed by atoms with van der Waals surface area (Å²) >= 11 is 6.28. The predicted octanol–water partition coefficient (Wildman–Crippen LogP) is 3.61. The Balaban J connectivity index is 1.88. The Labute approximate surface area is 171 Å². The second kappa shape index (κ2) is 8.30. The third-order valence-electron chi connectivity index (χ3n) is 4.18. The summed E-state index contributed by atoms with van der Waals surface area (Å²) in [4.78, 5) is 21.2. The van der Waals surface area contributed by atoms with E-state index in [2.05, 4.69) is 15.3 Å². The number of benzene rings is 2. The zero-order valence-electron chi connectivity index (χ0n) is 15.2. The van der Waals surface area contributed by atoms with Gasteiger partial charge in [0.2, 0.25) is 5.89 Å². The zero-order chi connectivity index (χ0) is 20.2. The van der Waals surface area contributed by atoms with Crippen LogP contribution in [-0.4, -0.2) is 32.8 Å². The number of rotatable bonds is 6. The topological polar surface area (TPSA) is 93.2 Å². The highest BCUT2D eigenvalue weighted by Gasteiger charge is 2.20. The monoisotopic (exact) mass is 408 g/mol. The summed E-state index contributed by atoms with van der Waals surface area (Å²) in [6, 6.07) is 18.8. The third kappa shape index (κ3) is 3.91. The van der Waals surface area contributed by atoms with Crippen LogP contribution in [0.2, 0.25) is 5.02 Å². The molecule has 2 aromatic heterocycles. The number of nitrogens with one attached hydrogen (secondary N) is 1. The van der Waals surface area contributed by atoms with Gasteiger partial charge in [-0.25, -0.2) is 9.36 Å². The van der Waals surface area contributed by atoms with Gasteiger partial charge in [0.05, 0.1) is 11.6 Å². The molecule has 0 spiro atoms. The maximum atomic E-state index is 12.7. The molecule has 0 aliphatic carbocycles. The molecule has 0 saturated heterocycles. The van der Waals surface area contributed by atoms with Gasteiger partial charge in [0.25, 0.3) is 0 Å². The Bertz CT molecular complexity index is 1170. The minimum absolute atomic E-state index is 0.108. The van der Waals surface area contributed by atoms with E-state index in [1.54, 1.807) is 0 Å². The number of oxazole rings is 1. The van der Waals surface area contributed by atoms with Crippen molar-refractivity contribution in [2.45, 2.75) is 0 Å². The molecule has 2 aromatic carbocycles. The molecule has 0 saturated carbocycles. The van der Waals surface area contributed by atoms with Crippen molar-refractivity contribution >= 4 is 17.4 Å². The second-order valence-corrected chi connectivity index (χ2v) is 6.55. The number of aliphatic hydroxyl groups is 1. The van der Waals surface area contributed by atoms with Crippen molar-refractivity contribution in [3.63, 3.8) is 0 Å². The average molecular weight is 409 g/mol. The minimum atomic E-state index is -0.570. The third-order valence-corrected chi connectivity index (χ3v) is 4.46. The molecule has 7 nitrogen and oxygen atoms in total. The van der Waals surface area contributed by atoms with Crippen LogP contribution in [0, 0.1) is 0 Å². The van der Waals surface area contributed by atoms with Crippen molar-refractivity contribution in [3.05, 3.63) is 82.4 Å². The molecule has 2 heterocycles. The van der Waals surface area contributed by atoms with E-state index < -0.39 is 5.69 Å². The largest absolute Gasteiger partial charge is 0.434 e. The fourth-order valence-corrected chi connectivity index (χ4v) is 3.05. The van der Waals surface area contributed by atoms with Gasteiger partial charge < -0.3 is 14.8 Å². The SMILES string of the molecule is O=c1nc(NCCO)c(Cl)cn1-c1nc(-c2ccccc2)oc1-c1ccccc1. The quantitative estimate of drug-likeness (QED) is 0.506. The highest BCUT2D eigenvalue weighted by atomic mass is 35.5. The van der Waals surface area contributed by atoms with E-state index in [0.29, 0.717) is 17.5 Å². The molecule has 0 aliphatic heterocycles. The van der Waals surface area contributed by atoms with Crippen LogP contribution in [0.15, 0.2) is 76.1 Å². The molecule has 4 aromatic rings. The van der Waals surface area contributed by atoms with Crippen LogP contribution in [0.1, 0.15) is 0 Å². The van der Waals surface area contributed by atoms with Crippen LogP contribution in [0.5, 0.6) is 0 Å². The van der Waals surface area contributed by atoms with Crippen LogP contribution < -0.4 is 11.0 Å². The van der Waals surface area contributed by atoms with Crippen molar-refractivity contribution in [2.75, 3.05) is 18.5 Å². The van der Waals surface area contributed by atoms with Gasteiger partial charge in [-0.15, -0.1) is 0 Å². The first-order valence-corrected chi connectivity index (χ1v) is 9.31. The number of hydrogen-bond donors (Lipinski definition) is 2. The van der Waals surface area contributed by atoms with Gasteiger partial charge in [0, 0.05) is 23.9 Å². The van der Waals surface area contributed by atoms with E-state index in [1.807, 2.05) is 60.7 Å². The molecule has 146 valence electrons. The van der Waals surface area contributed by atoms with Gasteiger partial charge in [-0.05, 0) is 12.1 Å². The summed E-state index contributed by atoms with van der Waals surface area (Å²) in [7, 11) is 0. The van der Waals surface area contributed by atoms with Crippen LogP contribution in [0.25, 0.3) is 28.6 Å². The smallest absolute Gasteiger partial charge is 0.355 e. The molecule has 0 aliphatic rings. The maximum Gasteiger partial charge on any atom is 0.355 e. The van der Waals surface area contributed by atoms with Crippen molar-refractivity contribution < 1.29 is 9.52 Å². The average Bonchev–Trinajstić information content (AvgIpc) is 3.20. The number of hydrogen-bond acceptors (Lipinski definition) is 6. The Hall–Kier alpha value is -3.42. The van der Waals surface area contributed by atoms with Crippen LogP contribution in [0.3, 0.4) is 0 Å². The molecule has 0 unspecified atom stereocenters. The van der Waals surface area contributed by atoms with Crippen molar-refractivity contribution in [1.29, 1.82) is 0 Å². The molecule has 2 N–H and O–H groups in total. The number of halogens is 1. The summed E-state index contributed by atoms with van der Waals surface area (Å²) in [5.74, 6) is 1.31. The Kier molecular flexibility index (Phi) is 5.41. The normalized spacial score (nSPS) is 10.8. The predicted molar refractivity (Wildman–Crippen MR) is 111 cm³/mol. The van der Waals surface area contributed by atoms with Gasteiger partial charge in [-0.1, -0.05) is 60.1 Å². The van der Waals surface area contributed by atoms with Gasteiger partial charge in [0.15, 0.2) is 17.4 Å². The molecular weight excluding hydrogens is 392 g/mol. The number of aromatic nitrogens is 3. The maximum absolute atomic E-state index is 12.7. The molecule has 8 heteroatoms. The minimum Gasteiger partial charge on any atom is -0.434 e. The molecule has 0 atom stereocenters. The van der Waals surface area contributed by atoms with Crippen molar-refractivity contribution in [3.8, 4) is 28.6 Å². The Morgan fingerprint density at radius 2 is 1.66 bits per heavy atom. The van der Waals surface area contributed by atoms with Gasteiger partial charge in [-0.3, -0.25) is 0 Å². The Morgan fingerprint density at radius 3 is 2.31 bits per heavy atom. The van der Waals surface area contributed by atoms with Crippen LogP contribution in [-0.2, 0) is 0 Å². The van der Waals surface area contributed by atoms with Crippen molar-refractivity contribution in [2.24, 2.45) is 0 Å². The number of aliphatic hydroxyl groups excluding tert-OH is 1. The van der Waals surface area contributed by atoms with Gasteiger partial charge in [-0.2, -0.15) is 9.97 Å². The highest BCUT2D eigenvalue weighted by molar-refractivity contribution is 6.32. The lowest BCUT2D eigenvalue weighted by Gasteiger charge is -2.08. The number of nitrogens with zero attached hydrogens (tertiary/aromatic N) is 3. The van der Waals surface area contributed by atoms with E-state index in [4.69, 9.17) is 21.1 Å². The van der Waals surface area contributed by atoms with Gasteiger partial charge in [0.1, 0.15) is 0 Å². The lowest BCUT2D eigenvalue weighted by molar-refractivity contribution is 0.311. The fourth-order valence-electron chi connectivity index (χ4n) is 2.84. The van der Waals surface area contributed by atoms with E-state index in [-0.39, 0.29) is 24.0 Å². The molecule has 29 heavy (non-hydrogen) atoms. The summed E-state index contributed by atoms with van der Waals surface area (Å²) in [6.07, 6.45) is 1.44. The summed E-state index contributed by atoms with van der Waals surface area (Å²) in [6.45, 7) is 0.122. The Morgan fingerprint density at radius 1 is 1.00 bits per heavy atom. The van der Waals surface area contributed by atoms with Crippen LogP contribution in [0.4, 0.5) is 5.82 Å². The highest BCUT2D eigenvalue weighted by Crippen LogP contribution is 2.32. The van der Waals surface area contributed by atoms with E-state index in [0.717, 1.165) is 11.1 Å². The van der Waals surface area contributed by atoms with E-state index in [9.17, 15) is 4.79 Å². The number of anilines is 1. The summed E-state index contributed by atoms with van der Waals surface area (Å²) < 4.78 is 7.30. The lowest BCUT2D eigenvalue weighted by atomic mass is 10.2. The van der Waals surface area contributed by atoms with Crippen LogP contribution >= 0.6 is 11.6 Å². The molecule has 0 bridgehead atoms. The molecule has 0 amide bonds. The van der Waals surface area contributed by atoms with E-state index in [1.165, 1.54) is 10.8 Å².